The van der Waals surface area contributed by atoms with Crippen LogP contribution in [0.25, 0.3) is 10.9 Å². The predicted octanol–water partition coefficient (Wildman–Crippen LogP) is 1.50. The number of carbonyl (C=O) groups is 1. The number of Topliss-reactive ketones (excluding diaryl/α,β-unsaturated/α-hetero) is 1. The number of nitrogens with zero attached hydrogens (tertiary/aromatic N) is 3. The van der Waals surface area contributed by atoms with Crippen LogP contribution in [-0.4, -0.2) is 19.9 Å². The summed E-state index contributed by atoms with van der Waals surface area (Å²) in [5, 5.41) is 10.1. The SMILES string of the molecule is Cc1[nH]c2ccccc2c1C(=O)Cn1c(=O)c(C#N)c2n(c1=O)CCC2. The molecule has 0 fully saturated rings. The van der Waals surface area contributed by atoms with Crippen LogP contribution in [0.2, 0.25) is 0 Å². The lowest BCUT2D eigenvalue weighted by Gasteiger charge is -2.10. The van der Waals surface area contributed by atoms with Crippen LogP contribution in [0.4, 0.5) is 0 Å². The van der Waals surface area contributed by atoms with Gasteiger partial charge in [-0.1, -0.05) is 18.2 Å². The maximum Gasteiger partial charge on any atom is 0.331 e. The third kappa shape index (κ3) is 2.23. The fraction of sp³-hybridized carbons (Fsp3) is 0.263. The predicted molar refractivity (Wildman–Crippen MR) is 95.4 cm³/mol. The van der Waals surface area contributed by atoms with Gasteiger partial charge in [0.05, 0.1) is 6.54 Å². The standard InChI is InChI=1S/C19H16N4O3/c1-11-17(12-5-2-3-6-14(12)21-11)16(24)10-23-18(25)13(9-20)15-7-4-8-22(15)19(23)26/h2-3,5-6,21H,4,7-8,10H2,1H3. The average Bonchev–Trinajstić information content (AvgIpc) is 3.22. The van der Waals surface area contributed by atoms with E-state index in [1.807, 2.05) is 30.3 Å². The Hall–Kier alpha value is -3.40. The van der Waals surface area contributed by atoms with Crippen LogP contribution in [-0.2, 0) is 19.5 Å². The Kier molecular flexibility index (Phi) is 3.62. The molecule has 130 valence electrons. The molecule has 0 bridgehead atoms. The summed E-state index contributed by atoms with van der Waals surface area (Å²) in [6.45, 7) is 1.87. The summed E-state index contributed by atoms with van der Waals surface area (Å²) in [6.07, 6.45) is 1.24. The van der Waals surface area contributed by atoms with Crippen LogP contribution < -0.4 is 11.2 Å². The van der Waals surface area contributed by atoms with Gasteiger partial charge in [-0.25, -0.2) is 4.79 Å². The Bertz CT molecular complexity index is 1220. The van der Waals surface area contributed by atoms with Gasteiger partial charge in [0.15, 0.2) is 5.78 Å². The second-order valence-corrected chi connectivity index (χ2v) is 6.46. The van der Waals surface area contributed by atoms with Crippen molar-refractivity contribution in [2.75, 3.05) is 0 Å². The fourth-order valence-corrected chi connectivity index (χ4v) is 3.75. The molecule has 0 radical (unpaired) electrons. The van der Waals surface area contributed by atoms with Crippen molar-refractivity contribution in [2.24, 2.45) is 0 Å². The smallest absolute Gasteiger partial charge is 0.331 e. The van der Waals surface area contributed by atoms with Crippen molar-refractivity contribution < 1.29 is 4.79 Å². The van der Waals surface area contributed by atoms with E-state index in [0.717, 1.165) is 15.5 Å². The van der Waals surface area contributed by atoms with Gasteiger partial charge >= 0.3 is 5.69 Å². The zero-order chi connectivity index (χ0) is 18.4. The highest BCUT2D eigenvalue weighted by molar-refractivity contribution is 6.09. The third-order valence-electron chi connectivity index (χ3n) is 4.92. The lowest BCUT2D eigenvalue weighted by molar-refractivity contribution is 0.0969. The monoisotopic (exact) mass is 348 g/mol. The van der Waals surface area contributed by atoms with Gasteiger partial charge in [-0.05, 0) is 25.8 Å². The van der Waals surface area contributed by atoms with Crippen molar-refractivity contribution in [3.05, 3.63) is 67.6 Å². The van der Waals surface area contributed by atoms with Crippen LogP contribution in [0, 0.1) is 18.3 Å². The van der Waals surface area contributed by atoms with Crippen LogP contribution in [0.15, 0.2) is 33.9 Å². The number of fused-ring (bicyclic) bond motifs is 2. The second-order valence-electron chi connectivity index (χ2n) is 6.46. The normalized spacial score (nSPS) is 12.9. The zero-order valence-corrected chi connectivity index (χ0v) is 14.2. The van der Waals surface area contributed by atoms with Crippen LogP contribution in [0.1, 0.15) is 33.7 Å². The number of H-pyrrole nitrogens is 1. The van der Waals surface area contributed by atoms with E-state index in [1.54, 1.807) is 6.92 Å². The molecule has 0 saturated heterocycles. The van der Waals surface area contributed by atoms with E-state index in [2.05, 4.69) is 4.98 Å². The lowest BCUT2D eigenvalue weighted by atomic mass is 10.1. The molecule has 0 atom stereocenters. The topological polar surface area (TPSA) is 101 Å². The summed E-state index contributed by atoms with van der Waals surface area (Å²) < 4.78 is 2.33. The minimum atomic E-state index is -0.684. The number of aryl methyl sites for hydroxylation is 1. The zero-order valence-electron chi connectivity index (χ0n) is 14.2. The Morgan fingerprint density at radius 3 is 2.85 bits per heavy atom. The van der Waals surface area contributed by atoms with E-state index in [9.17, 15) is 19.6 Å². The van der Waals surface area contributed by atoms with Crippen molar-refractivity contribution in [2.45, 2.75) is 32.9 Å². The average molecular weight is 348 g/mol. The van der Waals surface area contributed by atoms with E-state index >= 15 is 0 Å². The molecule has 1 aromatic carbocycles. The maximum atomic E-state index is 12.9. The molecular formula is C19H16N4O3. The first kappa shape index (κ1) is 16.1. The van der Waals surface area contributed by atoms with Gasteiger partial charge in [0.1, 0.15) is 11.6 Å². The van der Waals surface area contributed by atoms with Crippen molar-refractivity contribution in [1.29, 1.82) is 5.26 Å². The molecule has 2 aromatic heterocycles. The Morgan fingerprint density at radius 1 is 1.31 bits per heavy atom. The summed E-state index contributed by atoms with van der Waals surface area (Å²) in [4.78, 5) is 41.3. The highest BCUT2D eigenvalue weighted by Crippen LogP contribution is 2.22. The molecule has 26 heavy (non-hydrogen) atoms. The Balaban J connectivity index is 1.85. The van der Waals surface area contributed by atoms with E-state index in [0.29, 0.717) is 36.3 Å². The minimum absolute atomic E-state index is 0.0365. The first-order valence-electron chi connectivity index (χ1n) is 8.40. The number of nitrogens with one attached hydrogen (secondary N) is 1. The summed E-state index contributed by atoms with van der Waals surface area (Å²) in [6, 6.07) is 9.28. The summed E-state index contributed by atoms with van der Waals surface area (Å²) in [7, 11) is 0. The number of nitriles is 1. The second kappa shape index (κ2) is 5.85. The van der Waals surface area contributed by atoms with Gasteiger partial charge in [-0.15, -0.1) is 0 Å². The molecule has 3 heterocycles. The number of benzene rings is 1. The van der Waals surface area contributed by atoms with E-state index in [1.165, 1.54) is 4.57 Å². The van der Waals surface area contributed by atoms with Crippen molar-refractivity contribution in [1.82, 2.24) is 14.1 Å². The first-order chi connectivity index (χ1) is 12.5. The third-order valence-corrected chi connectivity index (χ3v) is 4.92. The molecule has 1 aliphatic heterocycles. The molecule has 0 saturated carbocycles. The molecular weight excluding hydrogens is 332 g/mol. The highest BCUT2D eigenvalue weighted by Gasteiger charge is 2.25. The van der Waals surface area contributed by atoms with Gasteiger partial charge in [0.25, 0.3) is 5.56 Å². The maximum absolute atomic E-state index is 12.9. The van der Waals surface area contributed by atoms with E-state index < -0.39 is 11.2 Å². The number of hydrogen-bond acceptors (Lipinski definition) is 4. The molecule has 0 spiro atoms. The molecule has 3 aromatic rings. The molecule has 0 unspecified atom stereocenters. The van der Waals surface area contributed by atoms with Crippen molar-refractivity contribution in [3.63, 3.8) is 0 Å². The van der Waals surface area contributed by atoms with Crippen LogP contribution >= 0.6 is 0 Å². The van der Waals surface area contributed by atoms with E-state index in [-0.39, 0.29) is 17.9 Å². The van der Waals surface area contributed by atoms with Crippen LogP contribution in [0.3, 0.4) is 0 Å². The van der Waals surface area contributed by atoms with Crippen molar-refractivity contribution >= 4 is 16.7 Å². The molecule has 4 rings (SSSR count). The van der Waals surface area contributed by atoms with Gasteiger partial charge in [-0.3, -0.25) is 18.7 Å². The van der Waals surface area contributed by atoms with Gasteiger partial charge < -0.3 is 4.98 Å². The molecule has 0 aliphatic carbocycles. The molecule has 1 N–H and O–H groups in total. The summed E-state index contributed by atoms with van der Waals surface area (Å²) in [5.74, 6) is -0.332. The fourth-order valence-electron chi connectivity index (χ4n) is 3.75. The quantitative estimate of drug-likeness (QED) is 0.725. The molecule has 7 heteroatoms. The molecule has 0 amide bonds. The lowest BCUT2D eigenvalue weighted by Crippen LogP contribution is -2.43. The number of para-hydroxylation sites is 1. The van der Waals surface area contributed by atoms with Crippen LogP contribution in [0.5, 0.6) is 0 Å². The molecule has 7 nitrogen and oxygen atoms in total. The number of ketones is 1. The number of aromatic amines is 1. The molecule has 1 aliphatic rings. The minimum Gasteiger partial charge on any atom is -0.358 e. The first-order valence-corrected chi connectivity index (χ1v) is 8.40. The number of carbonyl (C=O) groups excluding carboxylic acids is 1. The Morgan fingerprint density at radius 2 is 2.08 bits per heavy atom. The summed E-state index contributed by atoms with van der Waals surface area (Å²) >= 11 is 0. The largest absolute Gasteiger partial charge is 0.358 e. The number of aromatic nitrogens is 3. The number of rotatable bonds is 3. The van der Waals surface area contributed by atoms with Crippen molar-refractivity contribution in [3.8, 4) is 6.07 Å². The van der Waals surface area contributed by atoms with Gasteiger partial charge in [-0.2, -0.15) is 5.26 Å². The van der Waals surface area contributed by atoms with Gasteiger partial charge in [0.2, 0.25) is 0 Å². The summed E-state index contributed by atoms with van der Waals surface area (Å²) in [5.41, 5.74) is 1.22. The van der Waals surface area contributed by atoms with E-state index in [4.69, 9.17) is 0 Å². The highest BCUT2D eigenvalue weighted by atomic mass is 16.2. The van der Waals surface area contributed by atoms with Gasteiger partial charge in [0, 0.05) is 34.4 Å². The Labute approximate surface area is 148 Å². The number of hydrogen-bond donors (Lipinski definition) is 1.